The van der Waals surface area contributed by atoms with Crippen LogP contribution in [0.3, 0.4) is 0 Å². The van der Waals surface area contributed by atoms with Crippen LogP contribution in [0.2, 0.25) is 0 Å². The van der Waals surface area contributed by atoms with E-state index in [1.807, 2.05) is 49.3 Å². The number of hydrogen-bond donors (Lipinski definition) is 2. The number of benzene rings is 2. The van der Waals surface area contributed by atoms with Gasteiger partial charge >= 0.3 is 0 Å². The minimum Gasteiger partial charge on any atom is -0.423 e. The lowest BCUT2D eigenvalue weighted by Crippen LogP contribution is -2.48. The van der Waals surface area contributed by atoms with E-state index in [-0.39, 0.29) is 12.1 Å². The molecule has 0 bridgehead atoms. The van der Waals surface area contributed by atoms with Gasteiger partial charge in [0.15, 0.2) is 11.3 Å². The summed E-state index contributed by atoms with van der Waals surface area (Å²) in [5.74, 6) is 0.712. The highest BCUT2D eigenvalue weighted by molar-refractivity contribution is 5.89. The second-order valence-corrected chi connectivity index (χ2v) is 11.2. The average molecular weight is 552 g/mol. The Kier molecular flexibility index (Phi) is 6.24. The number of aryl methyl sites for hydroxylation is 2. The Bertz CT molecular complexity index is 1780. The number of nitrogens with zero attached hydrogens (tertiary/aromatic N) is 6. The van der Waals surface area contributed by atoms with Crippen LogP contribution in [0.15, 0.2) is 70.3 Å². The Morgan fingerprint density at radius 3 is 2.66 bits per heavy atom. The molecule has 1 aliphatic heterocycles. The van der Waals surface area contributed by atoms with Crippen molar-refractivity contribution in [3.8, 4) is 22.6 Å². The van der Waals surface area contributed by atoms with E-state index >= 15 is 0 Å². The minimum atomic E-state index is -1.05. The minimum absolute atomic E-state index is 0.152. The van der Waals surface area contributed by atoms with Gasteiger partial charge in [-0.1, -0.05) is 42.5 Å². The Morgan fingerprint density at radius 1 is 1.07 bits per heavy atom. The first-order chi connectivity index (χ1) is 19.9. The molecule has 3 aromatic heterocycles. The number of anilines is 1. The topological polar surface area (TPSA) is 114 Å². The standard InChI is InChI=1S/C31H33N7O3/c1-32-24-11-9-21-16-22(8-10-23(21)24)28-26-27(35-36(28)2)29(39)38(19-34-26)18-31(40)12-14-37(15-13-31)30-33-17-25(41-30)20-6-4-3-5-7-20/h3-8,10,16-17,19,24,32,40H,9,11-15,18H2,1-2H3. The van der Waals surface area contributed by atoms with Crippen molar-refractivity contribution in [2.24, 2.45) is 7.05 Å². The number of nitrogens with one attached hydrogen (secondary N) is 1. The summed E-state index contributed by atoms with van der Waals surface area (Å²) in [6.45, 7) is 1.28. The van der Waals surface area contributed by atoms with Gasteiger partial charge in [-0.15, -0.1) is 0 Å². The zero-order valence-electron chi connectivity index (χ0n) is 23.2. The summed E-state index contributed by atoms with van der Waals surface area (Å²) < 4.78 is 9.24. The summed E-state index contributed by atoms with van der Waals surface area (Å²) >= 11 is 0. The highest BCUT2D eigenvalue weighted by Gasteiger charge is 2.35. The SMILES string of the molecule is CNC1CCc2cc(-c3c4ncn(CC5(O)CCN(c6ncc(-c7ccccc7)o6)CC5)c(=O)c4nn3C)ccc21. The van der Waals surface area contributed by atoms with Gasteiger partial charge in [0.25, 0.3) is 11.6 Å². The lowest BCUT2D eigenvalue weighted by atomic mass is 9.91. The van der Waals surface area contributed by atoms with Crippen LogP contribution in [0, 0.1) is 0 Å². The van der Waals surface area contributed by atoms with Crippen molar-refractivity contribution in [1.82, 2.24) is 29.6 Å². The molecular weight excluding hydrogens is 518 g/mol. The third kappa shape index (κ3) is 4.53. The number of oxazole rings is 1. The highest BCUT2D eigenvalue weighted by atomic mass is 16.4. The summed E-state index contributed by atoms with van der Waals surface area (Å²) in [6.07, 6.45) is 6.32. The number of aliphatic hydroxyl groups is 1. The van der Waals surface area contributed by atoms with Crippen LogP contribution in [0.4, 0.5) is 6.01 Å². The van der Waals surface area contributed by atoms with Crippen LogP contribution < -0.4 is 15.8 Å². The van der Waals surface area contributed by atoms with Crippen LogP contribution >= 0.6 is 0 Å². The van der Waals surface area contributed by atoms with Crippen LogP contribution in [-0.4, -0.2) is 55.2 Å². The molecule has 0 radical (unpaired) electrons. The number of piperidine rings is 1. The molecule has 4 heterocycles. The summed E-state index contributed by atoms with van der Waals surface area (Å²) in [6, 6.07) is 17.2. The molecule has 210 valence electrons. The van der Waals surface area contributed by atoms with E-state index in [4.69, 9.17) is 4.42 Å². The molecule has 41 heavy (non-hydrogen) atoms. The van der Waals surface area contributed by atoms with E-state index in [1.54, 1.807) is 17.2 Å². The molecule has 1 atom stereocenters. The van der Waals surface area contributed by atoms with Crippen molar-refractivity contribution in [1.29, 1.82) is 0 Å². The maximum Gasteiger partial charge on any atom is 0.297 e. The van der Waals surface area contributed by atoms with Gasteiger partial charge in [-0.25, -0.2) is 9.97 Å². The average Bonchev–Trinajstić information content (AvgIpc) is 3.72. The normalized spacial score (nSPS) is 18.2. The van der Waals surface area contributed by atoms with Gasteiger partial charge in [0.05, 0.1) is 30.4 Å². The lowest BCUT2D eigenvalue weighted by Gasteiger charge is -2.37. The van der Waals surface area contributed by atoms with Gasteiger partial charge in [0.1, 0.15) is 5.52 Å². The first kappa shape index (κ1) is 25.7. The fourth-order valence-electron chi connectivity index (χ4n) is 6.33. The molecule has 7 rings (SSSR count). The van der Waals surface area contributed by atoms with Gasteiger partial charge in [-0.05, 0) is 49.9 Å². The van der Waals surface area contributed by atoms with Gasteiger partial charge in [-0.3, -0.25) is 14.0 Å². The smallest absolute Gasteiger partial charge is 0.297 e. The van der Waals surface area contributed by atoms with Crippen molar-refractivity contribution >= 4 is 17.0 Å². The molecule has 1 aliphatic carbocycles. The van der Waals surface area contributed by atoms with Crippen LogP contribution in [-0.2, 0) is 20.0 Å². The molecule has 0 amide bonds. The molecule has 2 aromatic carbocycles. The zero-order chi connectivity index (χ0) is 28.1. The van der Waals surface area contributed by atoms with Gasteiger partial charge < -0.3 is 19.7 Å². The molecule has 1 unspecified atom stereocenters. The third-order valence-electron chi connectivity index (χ3n) is 8.64. The molecule has 0 spiro atoms. The van der Waals surface area contributed by atoms with E-state index in [2.05, 4.69) is 38.6 Å². The fraction of sp³-hybridized carbons (Fsp3) is 0.355. The Labute approximate surface area is 237 Å². The molecule has 10 heteroatoms. The summed E-state index contributed by atoms with van der Waals surface area (Å²) in [7, 11) is 3.84. The molecular formula is C31H33N7O3. The van der Waals surface area contributed by atoms with Crippen molar-refractivity contribution < 1.29 is 9.52 Å². The molecule has 1 saturated heterocycles. The first-order valence-electron chi connectivity index (χ1n) is 14.1. The summed E-state index contributed by atoms with van der Waals surface area (Å²) in [5.41, 5.74) is 5.05. The van der Waals surface area contributed by atoms with Crippen molar-refractivity contribution in [3.63, 3.8) is 0 Å². The van der Waals surface area contributed by atoms with Gasteiger partial charge in [0, 0.05) is 37.3 Å². The maximum absolute atomic E-state index is 13.5. The zero-order valence-corrected chi connectivity index (χ0v) is 23.2. The largest absolute Gasteiger partial charge is 0.423 e. The monoisotopic (exact) mass is 551 g/mol. The number of fused-ring (bicyclic) bond motifs is 2. The molecule has 10 nitrogen and oxygen atoms in total. The summed E-state index contributed by atoms with van der Waals surface area (Å²) in [5, 5.41) is 19.4. The molecule has 5 aromatic rings. The maximum atomic E-state index is 13.5. The van der Waals surface area contributed by atoms with Crippen LogP contribution in [0.5, 0.6) is 0 Å². The lowest BCUT2D eigenvalue weighted by molar-refractivity contribution is -0.00165. The number of hydrogen-bond acceptors (Lipinski definition) is 8. The Balaban J connectivity index is 1.09. The molecule has 1 fully saturated rings. The van der Waals surface area contributed by atoms with Gasteiger partial charge in [0.2, 0.25) is 0 Å². The van der Waals surface area contributed by atoms with E-state index in [9.17, 15) is 9.90 Å². The number of aromatic nitrogens is 5. The quantitative estimate of drug-likeness (QED) is 0.329. The van der Waals surface area contributed by atoms with Gasteiger partial charge in [-0.2, -0.15) is 5.10 Å². The molecule has 0 saturated carbocycles. The van der Waals surface area contributed by atoms with E-state index in [0.29, 0.717) is 54.8 Å². The van der Waals surface area contributed by atoms with Crippen LogP contribution in [0.25, 0.3) is 33.6 Å². The number of rotatable bonds is 6. The summed E-state index contributed by atoms with van der Waals surface area (Å²) in [4.78, 5) is 24.7. The molecule has 2 N–H and O–H groups in total. The molecule has 2 aliphatic rings. The Morgan fingerprint density at radius 2 is 1.88 bits per heavy atom. The fourth-order valence-corrected chi connectivity index (χ4v) is 6.33. The van der Waals surface area contributed by atoms with Crippen LogP contribution in [0.1, 0.15) is 36.4 Å². The second-order valence-electron chi connectivity index (χ2n) is 11.2. The first-order valence-corrected chi connectivity index (χ1v) is 14.1. The predicted octanol–water partition coefficient (Wildman–Crippen LogP) is 3.69. The second kappa shape index (κ2) is 9.97. The van der Waals surface area contributed by atoms with Crippen molar-refractivity contribution in [2.75, 3.05) is 25.0 Å². The van der Waals surface area contributed by atoms with E-state index in [0.717, 1.165) is 29.7 Å². The Hall–Kier alpha value is -4.28. The van der Waals surface area contributed by atoms with Crippen molar-refractivity contribution in [2.45, 2.75) is 43.9 Å². The highest BCUT2D eigenvalue weighted by Crippen LogP contribution is 2.35. The third-order valence-corrected chi connectivity index (χ3v) is 8.64. The van der Waals surface area contributed by atoms with E-state index in [1.165, 1.54) is 15.7 Å². The van der Waals surface area contributed by atoms with E-state index < -0.39 is 5.60 Å². The van der Waals surface area contributed by atoms with Crippen molar-refractivity contribution in [3.05, 3.63) is 82.5 Å². The predicted molar refractivity (Wildman–Crippen MR) is 157 cm³/mol.